The zero-order chi connectivity index (χ0) is 16.4. The maximum atomic E-state index is 2.42. The van der Waals surface area contributed by atoms with E-state index in [1.807, 2.05) is 0 Å². The van der Waals surface area contributed by atoms with E-state index in [0.29, 0.717) is 11.8 Å². The topological polar surface area (TPSA) is 0 Å². The zero-order valence-corrected chi connectivity index (χ0v) is 19.5. The van der Waals surface area contributed by atoms with Gasteiger partial charge in [0, 0.05) is 5.92 Å². The Morgan fingerprint density at radius 1 is 0.963 bits per heavy atom. The summed E-state index contributed by atoms with van der Waals surface area (Å²) in [6.07, 6.45) is 15.1. The summed E-state index contributed by atoms with van der Waals surface area (Å²) >= 11 is 0. The third kappa shape index (κ3) is 5.14. The number of hydrogen-bond acceptors (Lipinski definition) is 0. The molecule has 0 bridgehead atoms. The molecule has 0 heterocycles. The smallest absolute Gasteiger partial charge is 1.00 e. The van der Waals surface area contributed by atoms with Gasteiger partial charge in [-0.2, -0.15) is 0 Å². The maximum Gasteiger partial charge on any atom is 2.00 e. The van der Waals surface area contributed by atoms with E-state index in [2.05, 4.69) is 85.8 Å². The van der Waals surface area contributed by atoms with Crippen molar-refractivity contribution in [2.75, 3.05) is 0 Å². The number of fused-ring (bicyclic) bond motifs is 3. The molecule has 0 fully saturated rings. The van der Waals surface area contributed by atoms with Crippen LogP contribution in [0.3, 0.4) is 0 Å². The predicted octanol–water partition coefficient (Wildman–Crippen LogP) is 0.663. The second kappa shape index (κ2) is 11.2. The van der Waals surface area contributed by atoms with Crippen LogP contribution in [-0.4, -0.2) is 0 Å². The molecule has 0 aromatic heterocycles. The predicted molar refractivity (Wildman–Crippen MR) is 103 cm³/mol. The van der Waals surface area contributed by atoms with E-state index in [1.165, 1.54) is 28.7 Å². The van der Waals surface area contributed by atoms with Gasteiger partial charge in [-0.3, -0.25) is 0 Å². The molecule has 0 saturated carbocycles. The molecule has 2 aromatic rings. The molecule has 138 valence electrons. The number of benzene rings is 2. The summed E-state index contributed by atoms with van der Waals surface area (Å²) in [5.41, 5.74) is 7.29. The van der Waals surface area contributed by atoms with Gasteiger partial charge in [0.25, 0.3) is 0 Å². The minimum Gasteiger partial charge on any atom is -1.00 e. The average molecular weight is 475 g/mol. The Labute approximate surface area is 194 Å². The quantitative estimate of drug-likeness (QED) is 0.559. The van der Waals surface area contributed by atoms with Crippen molar-refractivity contribution in [3.63, 3.8) is 0 Å². The van der Waals surface area contributed by atoms with Crippen LogP contribution in [0, 0.1) is 5.92 Å². The van der Waals surface area contributed by atoms with Crippen LogP contribution in [-0.2, 0) is 26.2 Å². The largest absolute Gasteiger partial charge is 2.00 e. The van der Waals surface area contributed by atoms with E-state index in [9.17, 15) is 0 Å². The van der Waals surface area contributed by atoms with Crippen LogP contribution in [0.5, 0.6) is 0 Å². The van der Waals surface area contributed by atoms with Crippen molar-refractivity contribution in [1.29, 1.82) is 0 Å². The molecule has 0 nitrogen and oxygen atoms in total. The molecule has 0 amide bonds. The monoisotopic (exact) mass is 472 g/mol. The molecule has 0 spiro atoms. The van der Waals surface area contributed by atoms with Gasteiger partial charge in [-0.15, -0.1) is 0 Å². The summed E-state index contributed by atoms with van der Waals surface area (Å²) in [4.78, 5) is 0. The van der Waals surface area contributed by atoms with Crippen LogP contribution in [0.4, 0.5) is 0 Å². The molecular formula is C24H24Cl2Zr. The second-order valence-corrected chi connectivity index (χ2v) is 6.93. The SMILES string of the molecule is C[C@@H](CCC=CC1c2ccccc2-c2ccccc21)C1=CC=CC1.[Cl-].[Cl-].[Zr+2]. The molecule has 2 aliphatic carbocycles. The van der Waals surface area contributed by atoms with Crippen LogP contribution < -0.4 is 24.8 Å². The molecule has 4 rings (SSSR count). The molecule has 0 N–H and O–H groups in total. The van der Waals surface area contributed by atoms with Crippen LogP contribution >= 0.6 is 0 Å². The summed E-state index contributed by atoms with van der Waals surface area (Å²) < 4.78 is 0. The van der Waals surface area contributed by atoms with Crippen LogP contribution in [0.15, 0.2) is 84.5 Å². The fourth-order valence-electron chi connectivity index (χ4n) is 4.00. The van der Waals surface area contributed by atoms with Gasteiger partial charge in [-0.25, -0.2) is 0 Å². The molecule has 3 heteroatoms. The number of allylic oxidation sites excluding steroid dienone is 6. The van der Waals surface area contributed by atoms with Gasteiger partial charge < -0.3 is 24.8 Å². The van der Waals surface area contributed by atoms with Gasteiger partial charge in [-0.1, -0.05) is 91.4 Å². The van der Waals surface area contributed by atoms with Crippen LogP contribution in [0.2, 0.25) is 0 Å². The second-order valence-electron chi connectivity index (χ2n) is 6.93. The van der Waals surface area contributed by atoms with Gasteiger partial charge >= 0.3 is 26.2 Å². The van der Waals surface area contributed by atoms with E-state index >= 15 is 0 Å². The van der Waals surface area contributed by atoms with Crippen molar-refractivity contribution in [3.05, 3.63) is 95.6 Å². The zero-order valence-electron chi connectivity index (χ0n) is 15.5. The average Bonchev–Trinajstić information content (AvgIpc) is 3.26. The third-order valence-electron chi connectivity index (χ3n) is 5.41. The van der Waals surface area contributed by atoms with Crippen LogP contribution in [0.1, 0.15) is 43.2 Å². The summed E-state index contributed by atoms with van der Waals surface area (Å²) in [5.74, 6) is 1.10. The summed E-state index contributed by atoms with van der Waals surface area (Å²) in [5, 5.41) is 0. The molecule has 2 aliphatic rings. The standard InChI is InChI=1S/C24H24.2ClH.Zr/c1-18(19-11-3-4-12-19)10-2-5-13-20-21-14-6-8-16-23(21)24-17-9-7-15-22(20)24;;;/h3-9,11,13-18,20H,2,10,12H2,1H3;2*1H;/q;;;+2/p-2/t18-;;;/m0.../s1. The first-order chi connectivity index (χ1) is 11.8. The maximum absolute atomic E-state index is 2.42. The molecule has 0 saturated heterocycles. The van der Waals surface area contributed by atoms with Crippen molar-refractivity contribution in [3.8, 4) is 11.1 Å². The van der Waals surface area contributed by atoms with Gasteiger partial charge in [0.15, 0.2) is 0 Å². The van der Waals surface area contributed by atoms with Crippen molar-refractivity contribution in [2.45, 2.75) is 32.1 Å². The Kier molecular flexibility index (Phi) is 10.0. The molecule has 27 heavy (non-hydrogen) atoms. The number of halogens is 2. The summed E-state index contributed by atoms with van der Waals surface area (Å²) in [6.45, 7) is 2.35. The molecule has 0 radical (unpaired) electrons. The van der Waals surface area contributed by atoms with Crippen molar-refractivity contribution in [2.24, 2.45) is 5.92 Å². The van der Waals surface area contributed by atoms with E-state index < -0.39 is 0 Å². The Bertz CT molecular complexity index is 790. The number of rotatable bonds is 5. The summed E-state index contributed by atoms with van der Waals surface area (Å²) in [6, 6.07) is 17.7. The fraction of sp³-hybridized carbons (Fsp3) is 0.250. The Hall–Kier alpha value is -0.877. The molecule has 0 aliphatic heterocycles. The Balaban J connectivity index is 0.00000121. The van der Waals surface area contributed by atoms with Gasteiger partial charge in [0.2, 0.25) is 0 Å². The summed E-state index contributed by atoms with van der Waals surface area (Å²) in [7, 11) is 0. The van der Waals surface area contributed by atoms with Crippen LogP contribution in [0.25, 0.3) is 11.1 Å². The Morgan fingerprint density at radius 3 is 2.11 bits per heavy atom. The number of hydrogen-bond donors (Lipinski definition) is 0. The van der Waals surface area contributed by atoms with Crippen molar-refractivity contribution in [1.82, 2.24) is 0 Å². The molecule has 1 atom stereocenters. The molecular weight excluding hydrogens is 450 g/mol. The van der Waals surface area contributed by atoms with Gasteiger partial charge in [0.1, 0.15) is 0 Å². The van der Waals surface area contributed by atoms with Gasteiger partial charge in [-0.05, 0) is 47.4 Å². The Morgan fingerprint density at radius 2 is 1.56 bits per heavy atom. The van der Waals surface area contributed by atoms with E-state index in [-0.39, 0.29) is 51.0 Å². The van der Waals surface area contributed by atoms with E-state index in [4.69, 9.17) is 0 Å². The molecule has 2 aromatic carbocycles. The van der Waals surface area contributed by atoms with Crippen molar-refractivity contribution >= 4 is 0 Å². The first-order valence-corrected chi connectivity index (χ1v) is 9.05. The third-order valence-corrected chi connectivity index (χ3v) is 5.41. The molecule has 0 unspecified atom stereocenters. The van der Waals surface area contributed by atoms with Gasteiger partial charge in [0.05, 0.1) is 0 Å². The van der Waals surface area contributed by atoms with E-state index in [1.54, 1.807) is 5.57 Å². The minimum absolute atomic E-state index is 0. The first kappa shape index (κ1) is 24.2. The normalized spacial score (nSPS) is 15.2. The van der Waals surface area contributed by atoms with Crippen molar-refractivity contribution < 1.29 is 51.0 Å². The fourth-order valence-corrected chi connectivity index (χ4v) is 4.00. The van der Waals surface area contributed by atoms with E-state index in [0.717, 1.165) is 12.8 Å². The minimum atomic E-state index is 0. The first-order valence-electron chi connectivity index (χ1n) is 9.05.